The number of unbranched alkanes of at least 4 members (excludes halogenated alkanes) is 3. The quantitative estimate of drug-likeness (QED) is 0.532. The molecule has 0 saturated carbocycles. The smallest absolute Gasteiger partial charge is 0.134 e. The van der Waals surface area contributed by atoms with E-state index in [2.05, 4.69) is 0 Å². The van der Waals surface area contributed by atoms with Crippen molar-refractivity contribution in [2.45, 2.75) is 38.5 Å². The summed E-state index contributed by atoms with van der Waals surface area (Å²) in [7, 11) is 0. The Hall–Kier alpha value is -0.410. The largest absolute Gasteiger partial charge is 0.330 e. The summed E-state index contributed by atoms with van der Waals surface area (Å²) in [5, 5.41) is 0. The number of nitrogens with two attached hydrogens (primary N) is 2. The zero-order valence-electron chi connectivity index (χ0n) is 7.72. The number of carbonyl (C=O) groups is 1. The molecule has 0 aliphatic carbocycles. The lowest BCUT2D eigenvalue weighted by Crippen LogP contribution is -2.07. The molecule has 0 saturated heterocycles. The van der Waals surface area contributed by atoms with Crippen LogP contribution in [0.2, 0.25) is 0 Å². The Morgan fingerprint density at radius 2 is 1.50 bits per heavy atom. The van der Waals surface area contributed by atoms with E-state index in [1.54, 1.807) is 0 Å². The molecule has 72 valence electrons. The molecule has 0 fully saturated rings. The molecule has 0 spiro atoms. The minimum absolute atomic E-state index is 0.297. The number of carbonyl (C=O) groups excluding carboxylic acids is 1. The molecule has 0 bridgehead atoms. The average Bonchev–Trinajstić information content (AvgIpc) is 2.05. The van der Waals surface area contributed by atoms with Gasteiger partial charge in [0, 0.05) is 12.8 Å². The Morgan fingerprint density at radius 3 is 2.08 bits per heavy atom. The minimum atomic E-state index is 0.297. The summed E-state index contributed by atoms with van der Waals surface area (Å²) < 4.78 is 0. The second kappa shape index (κ2) is 8.68. The highest BCUT2D eigenvalue weighted by Crippen LogP contribution is 2.03. The van der Waals surface area contributed by atoms with E-state index < -0.39 is 0 Å². The third-order valence-corrected chi connectivity index (χ3v) is 1.83. The first-order chi connectivity index (χ1) is 5.81. The molecule has 0 aliphatic rings. The molecular weight excluding hydrogens is 152 g/mol. The maximum Gasteiger partial charge on any atom is 0.134 e. The lowest BCUT2D eigenvalue weighted by atomic mass is 10.1. The first-order valence-corrected chi connectivity index (χ1v) is 4.73. The van der Waals surface area contributed by atoms with Crippen LogP contribution in [0.1, 0.15) is 38.5 Å². The lowest BCUT2D eigenvalue weighted by Gasteiger charge is -1.98. The summed E-state index contributed by atoms with van der Waals surface area (Å²) >= 11 is 0. The second-order valence-electron chi connectivity index (χ2n) is 3.03. The lowest BCUT2D eigenvalue weighted by molar-refractivity contribution is -0.119. The van der Waals surface area contributed by atoms with E-state index in [4.69, 9.17) is 11.5 Å². The van der Waals surface area contributed by atoms with Crippen molar-refractivity contribution in [1.82, 2.24) is 0 Å². The number of hydrogen-bond acceptors (Lipinski definition) is 3. The molecule has 4 N–H and O–H groups in total. The van der Waals surface area contributed by atoms with Crippen LogP contribution in [0.15, 0.2) is 0 Å². The minimum Gasteiger partial charge on any atom is -0.330 e. The summed E-state index contributed by atoms with van der Waals surface area (Å²) in [6.45, 7) is 1.25. The second-order valence-corrected chi connectivity index (χ2v) is 3.03. The van der Waals surface area contributed by atoms with Gasteiger partial charge in [0.2, 0.25) is 0 Å². The Bertz CT molecular complexity index is 115. The molecule has 12 heavy (non-hydrogen) atoms. The fraction of sp³-hybridized carbons (Fsp3) is 0.889. The van der Waals surface area contributed by atoms with Crippen LogP contribution in [-0.2, 0) is 4.79 Å². The first kappa shape index (κ1) is 11.6. The van der Waals surface area contributed by atoms with Gasteiger partial charge in [-0.3, -0.25) is 4.79 Å². The van der Waals surface area contributed by atoms with E-state index in [0.717, 1.165) is 32.2 Å². The summed E-state index contributed by atoms with van der Waals surface area (Å²) in [6.07, 6.45) is 5.57. The van der Waals surface area contributed by atoms with Gasteiger partial charge in [-0.2, -0.15) is 0 Å². The summed E-state index contributed by atoms with van der Waals surface area (Å²) in [6, 6.07) is 0. The van der Waals surface area contributed by atoms with Crippen molar-refractivity contribution in [2.75, 3.05) is 13.1 Å². The number of ketones is 1. The highest BCUT2D eigenvalue weighted by atomic mass is 16.1. The molecule has 3 heteroatoms. The van der Waals surface area contributed by atoms with Crippen molar-refractivity contribution < 1.29 is 4.79 Å². The van der Waals surface area contributed by atoms with Gasteiger partial charge in [0.05, 0.1) is 0 Å². The third-order valence-electron chi connectivity index (χ3n) is 1.83. The molecule has 0 amide bonds. The molecule has 0 unspecified atom stereocenters. The van der Waals surface area contributed by atoms with Crippen LogP contribution >= 0.6 is 0 Å². The molecule has 0 rings (SSSR count). The predicted octanol–water partition coefficient (Wildman–Crippen LogP) is 0.813. The first-order valence-electron chi connectivity index (χ1n) is 4.73. The van der Waals surface area contributed by atoms with Gasteiger partial charge in [-0.15, -0.1) is 0 Å². The predicted molar refractivity (Wildman–Crippen MR) is 50.8 cm³/mol. The van der Waals surface area contributed by atoms with Crippen LogP contribution in [0.4, 0.5) is 0 Å². The van der Waals surface area contributed by atoms with Crippen LogP contribution in [0.3, 0.4) is 0 Å². The van der Waals surface area contributed by atoms with Crippen molar-refractivity contribution in [3.63, 3.8) is 0 Å². The van der Waals surface area contributed by atoms with E-state index in [1.165, 1.54) is 0 Å². The number of hydrogen-bond donors (Lipinski definition) is 2. The van der Waals surface area contributed by atoms with E-state index in [9.17, 15) is 4.79 Å². The zero-order valence-corrected chi connectivity index (χ0v) is 7.72. The van der Waals surface area contributed by atoms with Gasteiger partial charge in [0.25, 0.3) is 0 Å². The van der Waals surface area contributed by atoms with Crippen molar-refractivity contribution in [2.24, 2.45) is 11.5 Å². The molecule has 0 heterocycles. The molecule has 3 nitrogen and oxygen atoms in total. The summed E-state index contributed by atoms with van der Waals surface area (Å²) in [5.74, 6) is 0.297. The number of rotatable bonds is 8. The number of Topliss-reactive ketones (excluding diaryl/α,β-unsaturated/α-hetero) is 1. The normalized spacial score (nSPS) is 10.2. The summed E-state index contributed by atoms with van der Waals surface area (Å²) in [5.41, 5.74) is 10.6. The SMILES string of the molecule is NCCCCCCC(=O)CCN. The molecular formula is C9H20N2O. The standard InChI is InChI=1S/C9H20N2O/c10-7-4-2-1-3-5-9(12)6-8-11/h1-8,10-11H2. The van der Waals surface area contributed by atoms with Gasteiger partial charge < -0.3 is 11.5 Å². The van der Waals surface area contributed by atoms with E-state index in [0.29, 0.717) is 25.2 Å². The van der Waals surface area contributed by atoms with E-state index >= 15 is 0 Å². The van der Waals surface area contributed by atoms with Crippen LogP contribution in [-0.4, -0.2) is 18.9 Å². The molecule has 0 aromatic carbocycles. The van der Waals surface area contributed by atoms with Crippen molar-refractivity contribution in [1.29, 1.82) is 0 Å². The fourth-order valence-electron chi connectivity index (χ4n) is 1.11. The maximum absolute atomic E-state index is 11.0. The van der Waals surface area contributed by atoms with Gasteiger partial charge in [-0.25, -0.2) is 0 Å². The van der Waals surface area contributed by atoms with Gasteiger partial charge >= 0.3 is 0 Å². The van der Waals surface area contributed by atoms with Crippen molar-refractivity contribution in [3.05, 3.63) is 0 Å². The Labute approximate surface area is 74.5 Å². The van der Waals surface area contributed by atoms with Crippen molar-refractivity contribution >= 4 is 5.78 Å². The fourth-order valence-corrected chi connectivity index (χ4v) is 1.11. The highest BCUT2D eigenvalue weighted by Gasteiger charge is 1.98. The van der Waals surface area contributed by atoms with E-state index in [-0.39, 0.29) is 0 Å². The Balaban J connectivity index is 3.03. The summed E-state index contributed by atoms with van der Waals surface area (Å²) in [4.78, 5) is 11.0. The zero-order chi connectivity index (χ0) is 9.23. The van der Waals surface area contributed by atoms with Crippen LogP contribution in [0.5, 0.6) is 0 Å². The topological polar surface area (TPSA) is 69.1 Å². The van der Waals surface area contributed by atoms with Crippen LogP contribution < -0.4 is 11.5 Å². The van der Waals surface area contributed by atoms with Crippen LogP contribution in [0, 0.1) is 0 Å². The van der Waals surface area contributed by atoms with Crippen molar-refractivity contribution in [3.8, 4) is 0 Å². The molecule has 0 radical (unpaired) electrons. The van der Waals surface area contributed by atoms with Gasteiger partial charge in [-0.05, 0) is 25.9 Å². The van der Waals surface area contributed by atoms with Crippen LogP contribution in [0.25, 0.3) is 0 Å². The van der Waals surface area contributed by atoms with Gasteiger partial charge in [0.1, 0.15) is 5.78 Å². The average molecular weight is 172 g/mol. The monoisotopic (exact) mass is 172 g/mol. The third kappa shape index (κ3) is 7.69. The van der Waals surface area contributed by atoms with Gasteiger partial charge in [0.15, 0.2) is 0 Å². The maximum atomic E-state index is 11.0. The highest BCUT2D eigenvalue weighted by molar-refractivity contribution is 5.78. The molecule has 0 atom stereocenters. The molecule has 0 aliphatic heterocycles. The van der Waals surface area contributed by atoms with Gasteiger partial charge in [-0.1, -0.05) is 12.8 Å². The molecule has 0 aromatic rings. The molecule has 0 aromatic heterocycles. The Morgan fingerprint density at radius 1 is 0.833 bits per heavy atom. The Kier molecular flexibility index (Phi) is 8.39. The van der Waals surface area contributed by atoms with E-state index in [1.807, 2.05) is 0 Å².